The summed E-state index contributed by atoms with van der Waals surface area (Å²) in [4.78, 5) is 3.19. The summed E-state index contributed by atoms with van der Waals surface area (Å²) in [5, 5.41) is 10.8. The van der Waals surface area contributed by atoms with Crippen LogP contribution in [0.1, 0.15) is 81.3 Å². The molecule has 8 unspecified atom stereocenters. The van der Waals surface area contributed by atoms with Gasteiger partial charge in [0.05, 0.1) is 11.6 Å². The highest BCUT2D eigenvalue weighted by Gasteiger charge is 2.59. The molecule has 4 aromatic carbocycles. The first kappa shape index (κ1) is 28.9. The molecule has 4 aromatic rings. The molecule has 3 saturated carbocycles. The predicted molar refractivity (Wildman–Crippen MR) is 192 cm³/mol. The molecular formula is C43H44N2S. The van der Waals surface area contributed by atoms with Gasteiger partial charge in [-0.25, -0.2) is 0 Å². The minimum Gasteiger partial charge on any atom is -0.292 e. The largest absolute Gasteiger partial charge is 0.292 e. The molecule has 0 amide bonds. The van der Waals surface area contributed by atoms with Gasteiger partial charge in [0, 0.05) is 28.6 Å². The summed E-state index contributed by atoms with van der Waals surface area (Å²) in [5.41, 5.74) is 9.67. The van der Waals surface area contributed by atoms with Gasteiger partial charge < -0.3 is 0 Å². The molecular weight excluding hydrogens is 577 g/mol. The first-order chi connectivity index (χ1) is 22.7. The van der Waals surface area contributed by atoms with Crippen molar-refractivity contribution in [3.63, 3.8) is 0 Å². The Morgan fingerprint density at radius 2 is 1.22 bits per heavy atom. The first-order valence-electron chi connectivity index (χ1n) is 18.0. The Kier molecular flexibility index (Phi) is 7.56. The summed E-state index contributed by atoms with van der Waals surface area (Å²) in [5.74, 6) is 2.68. The van der Waals surface area contributed by atoms with Crippen molar-refractivity contribution < 1.29 is 0 Å². The highest BCUT2D eigenvalue weighted by Crippen LogP contribution is 2.58. The molecule has 0 radical (unpaired) electrons. The van der Waals surface area contributed by atoms with Crippen LogP contribution in [0, 0.1) is 23.2 Å². The van der Waals surface area contributed by atoms with Crippen molar-refractivity contribution >= 4 is 11.8 Å². The van der Waals surface area contributed by atoms with E-state index in [4.69, 9.17) is 5.26 Å². The van der Waals surface area contributed by atoms with Crippen LogP contribution in [0.25, 0.3) is 33.4 Å². The molecule has 3 heteroatoms. The number of hydrogen-bond donors (Lipinski definition) is 0. The van der Waals surface area contributed by atoms with Crippen LogP contribution in [0.15, 0.2) is 97.1 Å². The molecule has 0 N–H and O–H groups in total. The summed E-state index contributed by atoms with van der Waals surface area (Å²) >= 11 is 2.44. The van der Waals surface area contributed by atoms with Gasteiger partial charge >= 0.3 is 0 Å². The fourth-order valence-corrected chi connectivity index (χ4v) is 12.5. The van der Waals surface area contributed by atoms with E-state index >= 15 is 0 Å². The third kappa shape index (κ3) is 5.04. The van der Waals surface area contributed by atoms with Crippen molar-refractivity contribution in [3.8, 4) is 39.4 Å². The summed E-state index contributed by atoms with van der Waals surface area (Å²) in [7, 11) is 0. The lowest BCUT2D eigenvalue weighted by atomic mass is 9.73. The maximum atomic E-state index is 9.12. The zero-order valence-corrected chi connectivity index (χ0v) is 27.5. The van der Waals surface area contributed by atoms with Crippen LogP contribution in [-0.4, -0.2) is 33.5 Å². The first-order valence-corrected chi connectivity index (χ1v) is 18.9. The van der Waals surface area contributed by atoms with Gasteiger partial charge in [0.25, 0.3) is 0 Å². The standard InChI is InChI=1S/C43H44N2S/c44-27-28-14-16-29(17-15-28)30-18-20-31(21-19-30)32-6-3-7-33(24-32)34-8-4-9-35(25-34)36-22-23-40-42(26-36)46-41-13-5-11-38-37-10-1-2-12-39(37)45(40)43(38)41/h3-4,6-9,14-21,24-25,36-43H,1-2,5,10-13,22-23,26H2. The van der Waals surface area contributed by atoms with E-state index in [1.807, 2.05) is 24.3 Å². The molecule has 2 nitrogen and oxygen atoms in total. The van der Waals surface area contributed by atoms with Crippen LogP contribution < -0.4 is 0 Å². The fraction of sp³-hybridized carbons (Fsp3) is 0.419. The van der Waals surface area contributed by atoms with E-state index < -0.39 is 0 Å². The van der Waals surface area contributed by atoms with Crippen molar-refractivity contribution in [2.24, 2.45) is 11.8 Å². The van der Waals surface area contributed by atoms with Crippen molar-refractivity contribution in [1.82, 2.24) is 4.90 Å². The normalized spacial score (nSPS) is 31.7. The maximum Gasteiger partial charge on any atom is 0.0991 e. The van der Waals surface area contributed by atoms with Gasteiger partial charge in [-0.2, -0.15) is 17.0 Å². The van der Waals surface area contributed by atoms with Crippen LogP contribution in [-0.2, 0) is 0 Å². The Bertz CT molecular complexity index is 1750. The maximum absolute atomic E-state index is 9.12. The summed E-state index contributed by atoms with van der Waals surface area (Å²) < 4.78 is 0. The van der Waals surface area contributed by atoms with Crippen LogP contribution in [0.2, 0.25) is 0 Å². The number of benzene rings is 4. The summed E-state index contributed by atoms with van der Waals surface area (Å²) in [6.45, 7) is 0. The zero-order valence-electron chi connectivity index (χ0n) is 26.7. The van der Waals surface area contributed by atoms with E-state index in [1.54, 1.807) is 5.56 Å². The van der Waals surface area contributed by atoms with Gasteiger partial charge in [-0.05, 0) is 120 Å². The molecule has 8 atom stereocenters. The number of nitriles is 1. The second-order valence-electron chi connectivity index (χ2n) is 14.8. The zero-order chi connectivity index (χ0) is 30.6. The second kappa shape index (κ2) is 12.0. The van der Waals surface area contributed by atoms with Crippen LogP contribution >= 0.6 is 11.8 Å². The Labute approximate surface area is 279 Å². The van der Waals surface area contributed by atoms with Crippen LogP contribution in [0.5, 0.6) is 0 Å². The number of thioether (sulfide) groups is 1. The molecule has 3 aliphatic carbocycles. The Hall–Kier alpha value is -3.32. The smallest absolute Gasteiger partial charge is 0.0991 e. The van der Waals surface area contributed by atoms with E-state index in [0.29, 0.717) is 11.5 Å². The van der Waals surface area contributed by atoms with Gasteiger partial charge in [0.2, 0.25) is 0 Å². The van der Waals surface area contributed by atoms with Gasteiger partial charge in [-0.3, -0.25) is 4.90 Å². The van der Waals surface area contributed by atoms with Crippen LogP contribution in [0.4, 0.5) is 0 Å². The monoisotopic (exact) mass is 620 g/mol. The average molecular weight is 621 g/mol. The summed E-state index contributed by atoms with van der Waals surface area (Å²) in [6.07, 6.45) is 14.5. The Balaban J connectivity index is 0.933. The molecule has 0 aromatic heterocycles. The Morgan fingerprint density at radius 1 is 0.565 bits per heavy atom. The lowest BCUT2D eigenvalue weighted by Gasteiger charge is -2.54. The molecule has 5 aliphatic rings. The van der Waals surface area contributed by atoms with Crippen molar-refractivity contribution in [2.75, 3.05) is 0 Å². The molecule has 2 aliphatic heterocycles. The van der Waals surface area contributed by atoms with E-state index in [9.17, 15) is 0 Å². The average Bonchev–Trinajstić information content (AvgIpc) is 3.47. The molecule has 5 fully saturated rings. The number of hydrogen-bond acceptors (Lipinski definition) is 3. The Morgan fingerprint density at radius 3 is 2.00 bits per heavy atom. The van der Waals surface area contributed by atoms with E-state index in [2.05, 4.69) is 95.5 Å². The third-order valence-corrected chi connectivity index (χ3v) is 14.2. The highest BCUT2D eigenvalue weighted by molar-refractivity contribution is 8.00. The molecule has 232 valence electrons. The quantitative estimate of drug-likeness (QED) is 0.227. The number of nitrogens with zero attached hydrogens (tertiary/aromatic N) is 2. The van der Waals surface area contributed by atoms with Crippen LogP contribution in [0.3, 0.4) is 0 Å². The lowest BCUT2D eigenvalue weighted by molar-refractivity contribution is 0.0591. The topological polar surface area (TPSA) is 27.0 Å². The molecule has 2 heterocycles. The van der Waals surface area contributed by atoms with Gasteiger partial charge in [0.15, 0.2) is 0 Å². The molecule has 0 bridgehead atoms. The minimum absolute atomic E-state index is 0.673. The number of fused-ring (bicyclic) bond motifs is 5. The second-order valence-corrected chi connectivity index (χ2v) is 16.3. The van der Waals surface area contributed by atoms with Gasteiger partial charge in [-0.1, -0.05) is 98.1 Å². The van der Waals surface area contributed by atoms with Gasteiger partial charge in [-0.15, -0.1) is 0 Å². The summed E-state index contributed by atoms with van der Waals surface area (Å²) in [6, 6.07) is 40.1. The van der Waals surface area contributed by atoms with Gasteiger partial charge in [0.1, 0.15) is 0 Å². The SMILES string of the molecule is N#Cc1ccc(-c2ccc(-c3cccc(-c4cccc(C5CCC6C(C5)SC5CCCC7C8CCCCC8N6C57)c4)c3)cc2)cc1. The van der Waals surface area contributed by atoms with Crippen molar-refractivity contribution in [2.45, 2.75) is 98.8 Å². The molecule has 0 spiro atoms. The van der Waals surface area contributed by atoms with E-state index in [1.165, 1.54) is 92.0 Å². The number of rotatable bonds is 4. The molecule has 46 heavy (non-hydrogen) atoms. The van der Waals surface area contributed by atoms with Crippen molar-refractivity contribution in [3.05, 3.63) is 108 Å². The van der Waals surface area contributed by atoms with E-state index in [-0.39, 0.29) is 0 Å². The fourth-order valence-electron chi connectivity index (χ4n) is 10.5. The third-order valence-electron chi connectivity index (χ3n) is 12.5. The highest BCUT2D eigenvalue weighted by atomic mass is 32.2. The minimum atomic E-state index is 0.673. The molecule has 2 saturated heterocycles. The molecule has 9 rings (SSSR count). The predicted octanol–water partition coefficient (Wildman–Crippen LogP) is 10.7. The lowest BCUT2D eigenvalue weighted by Crippen LogP contribution is -2.60. The van der Waals surface area contributed by atoms with Crippen molar-refractivity contribution in [1.29, 1.82) is 5.26 Å². The van der Waals surface area contributed by atoms with E-state index in [0.717, 1.165) is 46.0 Å².